The molecule has 0 aromatic heterocycles. The van der Waals surface area contributed by atoms with Gasteiger partial charge in [-0.05, 0) is 24.5 Å². The number of benzene rings is 1. The van der Waals surface area contributed by atoms with Gasteiger partial charge in [0.15, 0.2) is 0 Å². The summed E-state index contributed by atoms with van der Waals surface area (Å²) in [4.78, 5) is 0. The van der Waals surface area contributed by atoms with Crippen LogP contribution in [0.4, 0.5) is 13.2 Å². The molecule has 0 saturated carbocycles. The lowest BCUT2D eigenvalue weighted by molar-refractivity contribution is -0.319. The zero-order valence-corrected chi connectivity index (χ0v) is 13.3. The van der Waals surface area contributed by atoms with Gasteiger partial charge in [-0.15, -0.1) is 19.8 Å². The molecule has 0 fully saturated rings. The Labute approximate surface area is 130 Å². The SMILES string of the molecule is C=CC/C=C(\C=C/COC(F)(F)F)c1ccc(C)cc1.CC. The van der Waals surface area contributed by atoms with E-state index >= 15 is 0 Å². The Hall–Kier alpha value is -1.81. The van der Waals surface area contributed by atoms with Crippen LogP contribution in [0, 0.1) is 6.92 Å². The van der Waals surface area contributed by atoms with Crippen molar-refractivity contribution in [1.82, 2.24) is 0 Å². The van der Waals surface area contributed by atoms with Crippen LogP contribution in [0.3, 0.4) is 0 Å². The summed E-state index contributed by atoms with van der Waals surface area (Å²) in [6, 6.07) is 7.77. The smallest absolute Gasteiger partial charge is 0.288 e. The predicted molar refractivity (Wildman–Crippen MR) is 86.5 cm³/mol. The standard InChI is InChI=1S/C16H17F3O.C2H6/c1-3-4-6-14(7-5-12-20-16(17,18)19)15-10-8-13(2)9-11-15;1-2/h3,5-11H,1,4,12H2,2H3;1-2H3/b7-5-,14-6+;. The summed E-state index contributed by atoms with van der Waals surface area (Å²) in [6.07, 6.45) is 2.66. The van der Waals surface area contributed by atoms with Crippen LogP contribution >= 0.6 is 0 Å². The van der Waals surface area contributed by atoms with Gasteiger partial charge >= 0.3 is 6.36 Å². The summed E-state index contributed by atoms with van der Waals surface area (Å²) >= 11 is 0. The van der Waals surface area contributed by atoms with E-state index in [1.807, 2.05) is 51.1 Å². The number of alkyl halides is 3. The van der Waals surface area contributed by atoms with Crippen molar-refractivity contribution in [2.45, 2.75) is 33.6 Å². The molecule has 0 N–H and O–H groups in total. The number of ether oxygens (including phenoxy) is 1. The second-order valence-electron chi connectivity index (χ2n) is 4.21. The average Bonchev–Trinajstić information content (AvgIpc) is 2.49. The first-order chi connectivity index (χ1) is 10.4. The van der Waals surface area contributed by atoms with Gasteiger partial charge in [0.25, 0.3) is 0 Å². The van der Waals surface area contributed by atoms with Gasteiger partial charge in [-0.3, -0.25) is 4.74 Å². The first-order valence-electron chi connectivity index (χ1n) is 7.17. The molecule has 0 atom stereocenters. The summed E-state index contributed by atoms with van der Waals surface area (Å²) in [6.45, 7) is 9.10. The van der Waals surface area contributed by atoms with E-state index in [1.165, 1.54) is 6.08 Å². The van der Waals surface area contributed by atoms with Gasteiger partial charge in [0.2, 0.25) is 0 Å². The molecule has 0 saturated heterocycles. The second-order valence-corrected chi connectivity index (χ2v) is 4.21. The molecule has 0 bridgehead atoms. The molecule has 0 aliphatic heterocycles. The first kappa shape index (κ1) is 20.2. The molecule has 1 nitrogen and oxygen atoms in total. The first-order valence-corrected chi connectivity index (χ1v) is 7.17. The molecule has 0 aliphatic rings. The molecule has 0 spiro atoms. The molecule has 1 aromatic carbocycles. The Morgan fingerprint density at radius 3 is 2.27 bits per heavy atom. The lowest BCUT2D eigenvalue weighted by Crippen LogP contribution is -2.12. The monoisotopic (exact) mass is 312 g/mol. The summed E-state index contributed by atoms with van der Waals surface area (Å²) in [7, 11) is 0. The quantitative estimate of drug-likeness (QED) is 0.457. The zero-order chi connectivity index (χ0) is 17.0. The van der Waals surface area contributed by atoms with E-state index in [9.17, 15) is 13.2 Å². The lowest BCUT2D eigenvalue weighted by Gasteiger charge is -2.05. The maximum atomic E-state index is 11.9. The highest BCUT2D eigenvalue weighted by Gasteiger charge is 2.27. The van der Waals surface area contributed by atoms with Crippen LogP contribution in [0.1, 0.15) is 31.4 Å². The number of hydrogen-bond acceptors (Lipinski definition) is 1. The minimum absolute atomic E-state index is 0.499. The van der Waals surface area contributed by atoms with Crippen LogP contribution in [0.25, 0.3) is 5.57 Å². The van der Waals surface area contributed by atoms with Crippen molar-refractivity contribution in [3.05, 3.63) is 66.3 Å². The van der Waals surface area contributed by atoms with Gasteiger partial charge in [-0.2, -0.15) is 0 Å². The maximum absolute atomic E-state index is 11.9. The molecule has 0 unspecified atom stereocenters. The highest BCUT2D eigenvalue weighted by Crippen LogP contribution is 2.19. The topological polar surface area (TPSA) is 9.23 Å². The zero-order valence-electron chi connectivity index (χ0n) is 13.3. The summed E-state index contributed by atoms with van der Waals surface area (Å²) in [5.74, 6) is 0. The molecular weight excluding hydrogens is 289 g/mol. The van der Waals surface area contributed by atoms with E-state index in [4.69, 9.17) is 0 Å². The Kier molecular flexibility index (Phi) is 9.96. The van der Waals surface area contributed by atoms with E-state index in [0.29, 0.717) is 6.42 Å². The van der Waals surface area contributed by atoms with E-state index in [-0.39, 0.29) is 0 Å². The molecule has 4 heteroatoms. The molecular formula is C18H23F3O. The van der Waals surface area contributed by atoms with Crippen molar-refractivity contribution < 1.29 is 17.9 Å². The van der Waals surface area contributed by atoms with Crippen LogP contribution in [-0.2, 0) is 4.74 Å². The Morgan fingerprint density at radius 2 is 1.77 bits per heavy atom. The van der Waals surface area contributed by atoms with Gasteiger partial charge in [0, 0.05) is 0 Å². The fourth-order valence-corrected chi connectivity index (χ4v) is 1.56. The third-order valence-corrected chi connectivity index (χ3v) is 2.53. The Balaban J connectivity index is 0.00000211. The van der Waals surface area contributed by atoms with E-state index in [2.05, 4.69) is 11.3 Å². The molecule has 0 radical (unpaired) electrons. The van der Waals surface area contributed by atoms with Crippen LogP contribution in [0.5, 0.6) is 0 Å². The van der Waals surface area contributed by atoms with Gasteiger partial charge < -0.3 is 0 Å². The molecule has 122 valence electrons. The molecule has 1 rings (SSSR count). The normalized spacial score (nSPS) is 12.0. The van der Waals surface area contributed by atoms with E-state index < -0.39 is 13.0 Å². The van der Waals surface area contributed by atoms with Gasteiger partial charge in [0.05, 0.1) is 6.61 Å². The minimum atomic E-state index is -4.60. The van der Waals surface area contributed by atoms with Crippen LogP contribution in [0.2, 0.25) is 0 Å². The van der Waals surface area contributed by atoms with Crippen molar-refractivity contribution in [3.63, 3.8) is 0 Å². The van der Waals surface area contributed by atoms with Crippen LogP contribution in [0.15, 0.2) is 55.1 Å². The number of aryl methyl sites for hydroxylation is 1. The van der Waals surface area contributed by atoms with Crippen molar-refractivity contribution in [2.24, 2.45) is 0 Å². The number of halogens is 3. The summed E-state index contributed by atoms with van der Waals surface area (Å²) < 4.78 is 39.3. The molecule has 22 heavy (non-hydrogen) atoms. The highest BCUT2D eigenvalue weighted by atomic mass is 19.4. The third kappa shape index (κ3) is 9.19. The number of rotatable bonds is 6. The van der Waals surface area contributed by atoms with Crippen LogP contribution in [-0.4, -0.2) is 13.0 Å². The van der Waals surface area contributed by atoms with Gasteiger partial charge in [-0.1, -0.05) is 68.0 Å². The molecule has 1 aromatic rings. The second kappa shape index (κ2) is 10.9. The highest BCUT2D eigenvalue weighted by molar-refractivity contribution is 5.74. The van der Waals surface area contributed by atoms with Crippen molar-refractivity contribution in [1.29, 1.82) is 0 Å². The third-order valence-electron chi connectivity index (χ3n) is 2.53. The number of hydrogen-bond donors (Lipinski definition) is 0. The predicted octanol–water partition coefficient (Wildman–Crippen LogP) is 6.07. The van der Waals surface area contributed by atoms with Crippen LogP contribution < -0.4 is 0 Å². The fourth-order valence-electron chi connectivity index (χ4n) is 1.56. The lowest BCUT2D eigenvalue weighted by atomic mass is 10.0. The Morgan fingerprint density at radius 1 is 1.18 bits per heavy atom. The van der Waals surface area contributed by atoms with E-state index in [0.717, 1.165) is 16.7 Å². The van der Waals surface area contributed by atoms with Gasteiger partial charge in [0.1, 0.15) is 0 Å². The van der Waals surface area contributed by atoms with Crippen molar-refractivity contribution in [2.75, 3.05) is 6.61 Å². The summed E-state index contributed by atoms with van der Waals surface area (Å²) in [5, 5.41) is 0. The molecule has 0 heterocycles. The molecule has 0 aliphatic carbocycles. The van der Waals surface area contributed by atoms with Crippen molar-refractivity contribution >= 4 is 5.57 Å². The average molecular weight is 312 g/mol. The minimum Gasteiger partial charge on any atom is -0.288 e. The Bertz CT molecular complexity index is 482. The maximum Gasteiger partial charge on any atom is 0.522 e. The largest absolute Gasteiger partial charge is 0.522 e. The molecule has 0 amide bonds. The van der Waals surface area contributed by atoms with E-state index in [1.54, 1.807) is 12.2 Å². The number of allylic oxidation sites excluding steroid dienone is 4. The summed E-state index contributed by atoms with van der Waals surface area (Å²) in [5.41, 5.74) is 2.91. The van der Waals surface area contributed by atoms with Gasteiger partial charge in [-0.25, -0.2) is 0 Å². The fraction of sp³-hybridized carbons (Fsp3) is 0.333. The van der Waals surface area contributed by atoms with Crippen molar-refractivity contribution in [3.8, 4) is 0 Å².